The number of carbonyl (C=O) groups excluding carboxylic acids is 1. The molecule has 0 unspecified atom stereocenters. The number of carboxylic acids is 1. The van der Waals surface area contributed by atoms with Crippen LogP contribution in [-0.2, 0) is 4.79 Å². The number of rotatable bonds is 6. The van der Waals surface area contributed by atoms with Crippen LogP contribution in [-0.4, -0.2) is 45.2 Å². The summed E-state index contributed by atoms with van der Waals surface area (Å²) in [5.41, 5.74) is 0.994. The van der Waals surface area contributed by atoms with E-state index in [1.54, 1.807) is 17.4 Å². The first-order valence-corrected chi connectivity index (χ1v) is 7.45. The van der Waals surface area contributed by atoms with Crippen molar-refractivity contribution >= 4 is 23.2 Å². The Morgan fingerprint density at radius 3 is 2.81 bits per heavy atom. The van der Waals surface area contributed by atoms with Crippen LogP contribution in [0.3, 0.4) is 0 Å². The second kappa shape index (κ2) is 6.53. The first kappa shape index (κ1) is 15.2. The van der Waals surface area contributed by atoms with Gasteiger partial charge in [0, 0.05) is 6.54 Å². The van der Waals surface area contributed by atoms with Crippen molar-refractivity contribution in [2.75, 3.05) is 13.1 Å². The molecule has 0 bridgehead atoms. The van der Waals surface area contributed by atoms with E-state index in [-0.39, 0.29) is 24.1 Å². The lowest BCUT2D eigenvalue weighted by Gasteiger charge is -2.21. The molecule has 0 radical (unpaired) electrons. The highest BCUT2D eigenvalue weighted by Gasteiger charge is 2.22. The number of nitrogens with one attached hydrogen (secondary N) is 1. The molecule has 21 heavy (non-hydrogen) atoms. The summed E-state index contributed by atoms with van der Waals surface area (Å²) >= 11 is 1.54. The number of aliphatic carboxylic acids is 1. The first-order valence-electron chi connectivity index (χ1n) is 6.57. The molecule has 2 aromatic heterocycles. The number of hydrogen-bond acceptors (Lipinski definition) is 4. The number of amides is 1. The minimum atomic E-state index is -1.03. The van der Waals surface area contributed by atoms with Crippen molar-refractivity contribution in [3.63, 3.8) is 0 Å². The molecule has 0 aliphatic rings. The quantitative estimate of drug-likeness (QED) is 0.857. The van der Waals surface area contributed by atoms with Gasteiger partial charge in [-0.05, 0) is 23.4 Å². The van der Waals surface area contributed by atoms with E-state index in [1.165, 1.54) is 4.90 Å². The highest BCUT2D eigenvalue weighted by atomic mass is 32.1. The number of carbonyl (C=O) groups is 2. The molecule has 0 aliphatic heterocycles. The van der Waals surface area contributed by atoms with Crippen molar-refractivity contribution < 1.29 is 14.7 Å². The minimum Gasteiger partial charge on any atom is -0.480 e. The lowest BCUT2D eigenvalue weighted by atomic mass is 10.2. The van der Waals surface area contributed by atoms with E-state index in [4.69, 9.17) is 5.11 Å². The van der Waals surface area contributed by atoms with Gasteiger partial charge in [0.2, 0.25) is 0 Å². The Hall–Kier alpha value is -2.15. The van der Waals surface area contributed by atoms with Gasteiger partial charge < -0.3 is 10.0 Å². The minimum absolute atomic E-state index is 0.184. The van der Waals surface area contributed by atoms with Crippen molar-refractivity contribution in [1.82, 2.24) is 15.1 Å². The summed E-state index contributed by atoms with van der Waals surface area (Å²) < 4.78 is 0. The topological polar surface area (TPSA) is 86.3 Å². The van der Waals surface area contributed by atoms with E-state index in [2.05, 4.69) is 10.2 Å². The third kappa shape index (κ3) is 3.91. The van der Waals surface area contributed by atoms with Crippen LogP contribution < -0.4 is 0 Å². The van der Waals surface area contributed by atoms with Crippen molar-refractivity contribution in [3.05, 3.63) is 29.3 Å². The number of H-pyrrole nitrogens is 1. The van der Waals surface area contributed by atoms with Crippen LogP contribution >= 0.6 is 11.3 Å². The second-order valence-electron chi connectivity index (χ2n) is 5.12. The molecule has 1 amide bonds. The molecule has 0 spiro atoms. The fourth-order valence-electron chi connectivity index (χ4n) is 1.97. The highest BCUT2D eigenvalue weighted by molar-refractivity contribution is 7.13. The Balaban J connectivity index is 2.18. The van der Waals surface area contributed by atoms with Gasteiger partial charge in [0.25, 0.3) is 5.91 Å². The number of thiophene rings is 1. The van der Waals surface area contributed by atoms with Crippen molar-refractivity contribution in [2.24, 2.45) is 5.92 Å². The third-order valence-electron chi connectivity index (χ3n) is 2.78. The number of nitrogens with zero attached hydrogens (tertiary/aromatic N) is 2. The Morgan fingerprint density at radius 1 is 1.48 bits per heavy atom. The summed E-state index contributed by atoms with van der Waals surface area (Å²) in [5.74, 6) is -1.22. The van der Waals surface area contributed by atoms with Crippen molar-refractivity contribution in [2.45, 2.75) is 13.8 Å². The fraction of sp³-hybridized carbons (Fsp3) is 0.357. The molecule has 2 aromatic rings. The lowest BCUT2D eigenvalue weighted by molar-refractivity contribution is -0.137. The SMILES string of the molecule is CC(C)CN(CC(=O)O)C(=O)c1cc(-c2cccs2)[nH]n1. The molecule has 0 aliphatic carbocycles. The molecule has 2 rings (SSSR count). The van der Waals surface area contributed by atoms with Crippen LogP contribution in [0.15, 0.2) is 23.6 Å². The summed E-state index contributed by atoms with van der Waals surface area (Å²) in [5, 5.41) is 17.7. The maximum Gasteiger partial charge on any atom is 0.323 e. The van der Waals surface area contributed by atoms with Gasteiger partial charge in [0.05, 0.1) is 10.6 Å². The number of carboxylic acid groups (broad SMARTS) is 1. The molecular formula is C14H17N3O3S. The predicted octanol–water partition coefficient (Wildman–Crippen LogP) is 2.32. The van der Waals surface area contributed by atoms with Gasteiger partial charge in [-0.25, -0.2) is 0 Å². The summed E-state index contributed by atoms with van der Waals surface area (Å²) in [6.07, 6.45) is 0. The molecular weight excluding hydrogens is 290 g/mol. The monoisotopic (exact) mass is 307 g/mol. The van der Waals surface area contributed by atoms with Gasteiger partial charge >= 0.3 is 5.97 Å². The van der Waals surface area contributed by atoms with Gasteiger partial charge in [0.15, 0.2) is 5.69 Å². The largest absolute Gasteiger partial charge is 0.480 e. The molecule has 7 heteroatoms. The van der Waals surface area contributed by atoms with E-state index >= 15 is 0 Å². The smallest absolute Gasteiger partial charge is 0.323 e. The number of hydrogen-bond donors (Lipinski definition) is 2. The third-order valence-corrected chi connectivity index (χ3v) is 3.69. The second-order valence-corrected chi connectivity index (χ2v) is 6.07. The molecule has 2 heterocycles. The molecule has 0 aromatic carbocycles. The molecule has 2 N–H and O–H groups in total. The molecule has 112 valence electrons. The van der Waals surface area contributed by atoms with Crippen LogP contribution in [0, 0.1) is 5.92 Å². The molecule has 0 fully saturated rings. The summed E-state index contributed by atoms with van der Waals surface area (Å²) in [6, 6.07) is 5.50. The van der Waals surface area contributed by atoms with Crippen LogP contribution in [0.25, 0.3) is 10.6 Å². The lowest BCUT2D eigenvalue weighted by Crippen LogP contribution is -2.38. The van der Waals surface area contributed by atoms with Crippen molar-refractivity contribution in [1.29, 1.82) is 0 Å². The molecule has 0 atom stereocenters. The van der Waals surface area contributed by atoms with Crippen LogP contribution in [0.4, 0.5) is 0 Å². The average Bonchev–Trinajstić information content (AvgIpc) is 3.06. The zero-order valence-corrected chi connectivity index (χ0v) is 12.7. The predicted molar refractivity (Wildman–Crippen MR) is 80.3 cm³/mol. The normalized spacial score (nSPS) is 10.8. The highest BCUT2D eigenvalue weighted by Crippen LogP contribution is 2.23. The number of aromatic nitrogens is 2. The van der Waals surface area contributed by atoms with Gasteiger partial charge in [-0.3, -0.25) is 14.7 Å². The summed E-state index contributed by atoms with van der Waals surface area (Å²) in [6.45, 7) is 3.93. The average molecular weight is 307 g/mol. The van der Waals surface area contributed by atoms with E-state index in [0.717, 1.165) is 10.6 Å². The van der Waals surface area contributed by atoms with E-state index in [9.17, 15) is 9.59 Å². The standard InChI is InChI=1S/C14H17N3O3S/c1-9(2)7-17(8-13(18)19)14(20)11-6-10(15-16-11)12-4-3-5-21-12/h3-6,9H,7-8H2,1-2H3,(H,15,16)(H,18,19). The molecule has 0 saturated carbocycles. The van der Waals surface area contributed by atoms with Gasteiger partial charge in [0.1, 0.15) is 6.54 Å². The summed E-state index contributed by atoms with van der Waals surface area (Å²) in [7, 11) is 0. The Kier molecular flexibility index (Phi) is 4.74. The van der Waals surface area contributed by atoms with E-state index in [1.807, 2.05) is 31.4 Å². The maximum atomic E-state index is 12.4. The summed E-state index contributed by atoms with van der Waals surface area (Å²) in [4.78, 5) is 25.6. The fourth-order valence-corrected chi connectivity index (χ4v) is 2.67. The maximum absolute atomic E-state index is 12.4. The van der Waals surface area contributed by atoms with E-state index < -0.39 is 5.97 Å². The zero-order valence-electron chi connectivity index (χ0n) is 11.9. The van der Waals surface area contributed by atoms with Crippen LogP contribution in [0.5, 0.6) is 0 Å². The Bertz CT molecular complexity index is 619. The van der Waals surface area contributed by atoms with Crippen LogP contribution in [0.1, 0.15) is 24.3 Å². The Labute approximate surface area is 126 Å². The van der Waals surface area contributed by atoms with Gasteiger partial charge in [-0.2, -0.15) is 5.10 Å². The van der Waals surface area contributed by atoms with Gasteiger partial charge in [-0.1, -0.05) is 19.9 Å². The van der Waals surface area contributed by atoms with Crippen LogP contribution in [0.2, 0.25) is 0 Å². The first-order chi connectivity index (χ1) is 9.97. The van der Waals surface area contributed by atoms with Gasteiger partial charge in [-0.15, -0.1) is 11.3 Å². The van der Waals surface area contributed by atoms with Crippen molar-refractivity contribution in [3.8, 4) is 10.6 Å². The zero-order chi connectivity index (χ0) is 15.4. The Morgan fingerprint density at radius 2 is 2.24 bits per heavy atom. The number of aromatic amines is 1. The molecule has 0 saturated heterocycles. The van der Waals surface area contributed by atoms with E-state index in [0.29, 0.717) is 6.54 Å². The molecule has 6 nitrogen and oxygen atoms in total.